The van der Waals surface area contributed by atoms with Crippen molar-refractivity contribution in [3.8, 4) is 0 Å². The Labute approximate surface area is 96.2 Å². The summed E-state index contributed by atoms with van der Waals surface area (Å²) in [6, 6.07) is 0. The van der Waals surface area contributed by atoms with E-state index in [1.54, 1.807) is 0 Å². The summed E-state index contributed by atoms with van der Waals surface area (Å²) in [4.78, 5) is 0. The molecule has 3 unspecified atom stereocenters. The van der Waals surface area contributed by atoms with E-state index in [1.165, 1.54) is 12.8 Å². The first-order valence-electron chi connectivity index (χ1n) is 6.00. The molecule has 3 atom stereocenters. The molecule has 1 nitrogen and oxygen atoms in total. The zero-order valence-electron chi connectivity index (χ0n) is 10.4. The van der Waals surface area contributed by atoms with Gasteiger partial charge in [0.05, 0.1) is 0 Å². The zero-order chi connectivity index (χ0) is 11.1. The maximum absolute atomic E-state index is 6.65. The van der Waals surface area contributed by atoms with Crippen molar-refractivity contribution >= 4 is 19.3 Å². The zero-order valence-corrected chi connectivity index (χ0v) is 12.3. The van der Waals surface area contributed by atoms with Gasteiger partial charge in [-0.05, 0) is 24.5 Å². The molecule has 86 valence electrons. The van der Waals surface area contributed by atoms with Gasteiger partial charge in [0.1, 0.15) is 0 Å². The van der Waals surface area contributed by atoms with Crippen LogP contribution in [0.2, 0.25) is 5.54 Å². The second kappa shape index (κ2) is 7.72. The van der Waals surface area contributed by atoms with Gasteiger partial charge in [-0.3, -0.25) is 0 Å². The lowest BCUT2D eigenvalue weighted by Crippen LogP contribution is -2.40. The predicted molar refractivity (Wildman–Crippen MR) is 69.4 cm³/mol. The molecule has 14 heavy (non-hydrogen) atoms. The van der Waals surface area contributed by atoms with Crippen LogP contribution in [0.4, 0.5) is 0 Å². The standard InChI is InChI=1S/C11H26ClNSi/c1-6-10(5)11(7-2)14(12)13(8-3)9-4/h10-11,14H,6-9H2,1-5H3. The lowest BCUT2D eigenvalue weighted by molar-refractivity contribution is 0.434. The fourth-order valence-electron chi connectivity index (χ4n) is 2.01. The molecule has 0 N–H and O–H groups in total. The second-order valence-corrected chi connectivity index (χ2v) is 7.72. The molecule has 0 aromatic heterocycles. The van der Waals surface area contributed by atoms with E-state index in [-0.39, 0.29) is 0 Å². The van der Waals surface area contributed by atoms with Crippen LogP contribution in [0.1, 0.15) is 47.5 Å². The lowest BCUT2D eigenvalue weighted by Gasteiger charge is -2.32. The van der Waals surface area contributed by atoms with E-state index in [0.29, 0.717) is 0 Å². The lowest BCUT2D eigenvalue weighted by atomic mass is 10.0. The predicted octanol–water partition coefficient (Wildman–Crippen LogP) is 3.61. The molecule has 0 saturated heterocycles. The van der Waals surface area contributed by atoms with Gasteiger partial charge in [-0.25, -0.2) is 0 Å². The van der Waals surface area contributed by atoms with Crippen molar-refractivity contribution in [2.45, 2.75) is 53.0 Å². The Balaban J connectivity index is 4.34. The number of rotatable bonds is 7. The van der Waals surface area contributed by atoms with E-state index in [2.05, 4.69) is 39.2 Å². The molecule has 0 rings (SSSR count). The molecule has 0 bridgehead atoms. The van der Waals surface area contributed by atoms with E-state index < -0.39 is 8.27 Å². The van der Waals surface area contributed by atoms with Gasteiger partial charge in [-0.1, -0.05) is 47.5 Å². The largest absolute Gasteiger partial charge is 0.314 e. The summed E-state index contributed by atoms with van der Waals surface area (Å²) >= 11 is 6.65. The summed E-state index contributed by atoms with van der Waals surface area (Å²) in [5.74, 6) is 0.787. The van der Waals surface area contributed by atoms with Crippen molar-refractivity contribution in [2.24, 2.45) is 5.92 Å². The Bertz CT molecular complexity index is 139. The number of hydrogen-bond acceptors (Lipinski definition) is 1. The summed E-state index contributed by atoms with van der Waals surface area (Å²) in [6.07, 6.45) is 2.50. The van der Waals surface area contributed by atoms with Crippen LogP contribution < -0.4 is 0 Å². The van der Waals surface area contributed by atoms with Crippen molar-refractivity contribution in [3.63, 3.8) is 0 Å². The highest BCUT2D eigenvalue weighted by atomic mass is 35.6. The number of halogens is 1. The van der Waals surface area contributed by atoms with Crippen LogP contribution in [0, 0.1) is 5.92 Å². The van der Waals surface area contributed by atoms with Gasteiger partial charge in [-0.2, -0.15) is 0 Å². The van der Waals surface area contributed by atoms with Crippen LogP contribution in [-0.4, -0.2) is 25.9 Å². The first-order valence-corrected chi connectivity index (χ1v) is 8.93. The minimum absolute atomic E-state index is 0.765. The first kappa shape index (κ1) is 14.5. The molecule has 0 radical (unpaired) electrons. The molecule has 0 aliphatic heterocycles. The quantitative estimate of drug-likeness (QED) is 0.482. The molecule has 0 aromatic carbocycles. The van der Waals surface area contributed by atoms with Crippen LogP contribution in [0.3, 0.4) is 0 Å². The van der Waals surface area contributed by atoms with Crippen LogP contribution in [0.25, 0.3) is 0 Å². The van der Waals surface area contributed by atoms with E-state index in [0.717, 1.165) is 24.5 Å². The minimum Gasteiger partial charge on any atom is -0.314 e. The molecule has 0 heterocycles. The topological polar surface area (TPSA) is 3.24 Å². The molecular weight excluding hydrogens is 210 g/mol. The Morgan fingerprint density at radius 3 is 1.86 bits per heavy atom. The monoisotopic (exact) mass is 235 g/mol. The third-order valence-corrected chi connectivity index (χ3v) is 8.42. The highest BCUT2D eigenvalue weighted by Gasteiger charge is 2.28. The third-order valence-electron chi connectivity index (χ3n) is 3.36. The Morgan fingerprint density at radius 2 is 1.57 bits per heavy atom. The average molecular weight is 236 g/mol. The SMILES string of the molecule is CCC(C)C(CC)[SiH](Cl)N(CC)CC. The van der Waals surface area contributed by atoms with E-state index >= 15 is 0 Å². The van der Waals surface area contributed by atoms with Crippen LogP contribution in [0.15, 0.2) is 0 Å². The maximum Gasteiger partial charge on any atom is 0.217 e. The summed E-state index contributed by atoms with van der Waals surface area (Å²) in [7, 11) is -1.20. The molecule has 0 amide bonds. The minimum atomic E-state index is -1.20. The third kappa shape index (κ3) is 3.91. The molecule has 0 aromatic rings. The van der Waals surface area contributed by atoms with E-state index in [9.17, 15) is 0 Å². The summed E-state index contributed by atoms with van der Waals surface area (Å²) in [5, 5.41) is 0. The van der Waals surface area contributed by atoms with Crippen molar-refractivity contribution in [1.29, 1.82) is 0 Å². The normalized spacial score (nSPS) is 18.2. The highest BCUT2D eigenvalue weighted by Crippen LogP contribution is 2.31. The fourth-order valence-corrected chi connectivity index (χ4v) is 6.56. The molecule has 3 heteroatoms. The van der Waals surface area contributed by atoms with Gasteiger partial charge < -0.3 is 4.57 Å². The van der Waals surface area contributed by atoms with Crippen LogP contribution in [-0.2, 0) is 0 Å². The summed E-state index contributed by atoms with van der Waals surface area (Å²) in [6.45, 7) is 13.6. The van der Waals surface area contributed by atoms with Crippen LogP contribution >= 0.6 is 11.1 Å². The number of hydrogen-bond donors (Lipinski definition) is 0. The van der Waals surface area contributed by atoms with E-state index in [4.69, 9.17) is 11.1 Å². The summed E-state index contributed by atoms with van der Waals surface area (Å²) in [5.41, 5.74) is 0.765. The average Bonchev–Trinajstić information content (AvgIpc) is 2.20. The molecule has 0 aliphatic rings. The number of nitrogens with zero attached hydrogens (tertiary/aromatic N) is 1. The van der Waals surface area contributed by atoms with Crippen molar-refractivity contribution < 1.29 is 0 Å². The summed E-state index contributed by atoms with van der Waals surface area (Å²) < 4.78 is 2.49. The van der Waals surface area contributed by atoms with Crippen molar-refractivity contribution in [1.82, 2.24) is 4.57 Å². The van der Waals surface area contributed by atoms with Gasteiger partial charge in [0.2, 0.25) is 8.27 Å². The first-order chi connectivity index (χ1) is 6.62. The Kier molecular flexibility index (Phi) is 7.98. The molecular formula is C11H26ClNSi. The smallest absolute Gasteiger partial charge is 0.217 e. The maximum atomic E-state index is 6.65. The van der Waals surface area contributed by atoms with Gasteiger partial charge in [0.25, 0.3) is 0 Å². The van der Waals surface area contributed by atoms with Crippen molar-refractivity contribution in [2.75, 3.05) is 13.1 Å². The van der Waals surface area contributed by atoms with E-state index in [1.807, 2.05) is 0 Å². The molecule has 0 saturated carbocycles. The molecule has 0 spiro atoms. The van der Waals surface area contributed by atoms with Gasteiger partial charge >= 0.3 is 0 Å². The molecule has 0 aliphatic carbocycles. The van der Waals surface area contributed by atoms with Crippen molar-refractivity contribution in [3.05, 3.63) is 0 Å². The Morgan fingerprint density at radius 1 is 1.07 bits per heavy atom. The Hall–Kier alpha value is 0.467. The fraction of sp³-hybridized carbons (Fsp3) is 1.00. The van der Waals surface area contributed by atoms with Crippen LogP contribution in [0.5, 0.6) is 0 Å². The van der Waals surface area contributed by atoms with Gasteiger partial charge in [-0.15, -0.1) is 11.1 Å². The van der Waals surface area contributed by atoms with Gasteiger partial charge in [0.15, 0.2) is 0 Å². The molecule has 0 fully saturated rings. The van der Waals surface area contributed by atoms with Gasteiger partial charge in [0, 0.05) is 0 Å². The highest BCUT2D eigenvalue weighted by molar-refractivity contribution is 7.06. The second-order valence-electron chi connectivity index (χ2n) is 4.05.